The molecule has 1 aromatic heterocycles. The first-order valence-corrected chi connectivity index (χ1v) is 8.51. The van der Waals surface area contributed by atoms with Crippen LogP contribution in [0, 0.1) is 10.1 Å². The molecule has 29 heavy (non-hydrogen) atoms. The zero-order valence-corrected chi connectivity index (χ0v) is 15.6. The molecule has 0 unspecified atom stereocenters. The molecular formula is C19H17N3O7. The number of aromatic nitrogens is 1. The van der Waals surface area contributed by atoms with E-state index in [9.17, 15) is 24.5 Å². The van der Waals surface area contributed by atoms with E-state index in [0.29, 0.717) is 5.56 Å². The van der Waals surface area contributed by atoms with Crippen molar-refractivity contribution in [2.75, 3.05) is 14.1 Å². The first-order chi connectivity index (χ1) is 13.8. The zero-order chi connectivity index (χ0) is 21.1. The molecule has 0 bridgehead atoms. The van der Waals surface area contributed by atoms with Gasteiger partial charge in [0.1, 0.15) is 6.54 Å². The molecule has 0 fully saturated rings. The van der Waals surface area contributed by atoms with Gasteiger partial charge in [0.15, 0.2) is 5.58 Å². The highest BCUT2D eigenvalue weighted by Gasteiger charge is 2.27. The molecule has 0 radical (unpaired) electrons. The molecule has 0 aliphatic carbocycles. The largest absolute Gasteiger partial charge is 0.446 e. The van der Waals surface area contributed by atoms with Gasteiger partial charge in [0.2, 0.25) is 6.10 Å². The van der Waals surface area contributed by atoms with Gasteiger partial charge in [-0.1, -0.05) is 30.3 Å². The summed E-state index contributed by atoms with van der Waals surface area (Å²) in [5.74, 6) is -2.14. The lowest BCUT2D eigenvalue weighted by Crippen LogP contribution is -2.32. The molecule has 10 nitrogen and oxygen atoms in total. The first kappa shape index (κ1) is 19.8. The molecule has 0 spiro atoms. The number of nitro groups is 1. The number of esters is 1. The van der Waals surface area contributed by atoms with Gasteiger partial charge in [0.25, 0.3) is 11.6 Å². The Hall–Kier alpha value is -3.95. The number of benzene rings is 2. The van der Waals surface area contributed by atoms with Gasteiger partial charge in [-0.05, 0) is 6.07 Å². The number of carbonyl (C=O) groups is 2. The number of hydrogen-bond acceptors (Lipinski definition) is 7. The molecule has 150 valence electrons. The molecule has 3 rings (SSSR count). The first-order valence-electron chi connectivity index (χ1n) is 8.51. The third kappa shape index (κ3) is 4.15. The van der Waals surface area contributed by atoms with Crippen molar-refractivity contribution in [3.8, 4) is 0 Å². The number of likely N-dealkylation sites (N-methyl/N-ethyl adjacent to an activating group) is 1. The van der Waals surface area contributed by atoms with E-state index >= 15 is 0 Å². The molecular weight excluding hydrogens is 382 g/mol. The third-order valence-corrected chi connectivity index (χ3v) is 4.17. The predicted octanol–water partition coefficient (Wildman–Crippen LogP) is 1.88. The maximum atomic E-state index is 12.5. The lowest BCUT2D eigenvalue weighted by molar-refractivity contribution is -0.384. The zero-order valence-electron chi connectivity index (χ0n) is 15.6. The van der Waals surface area contributed by atoms with Crippen LogP contribution in [0.1, 0.15) is 11.7 Å². The van der Waals surface area contributed by atoms with Crippen LogP contribution in [-0.4, -0.2) is 40.4 Å². The van der Waals surface area contributed by atoms with Crippen LogP contribution in [0.15, 0.2) is 57.7 Å². The second-order valence-electron chi connectivity index (χ2n) is 6.38. The average molecular weight is 399 g/mol. The third-order valence-electron chi connectivity index (χ3n) is 4.17. The van der Waals surface area contributed by atoms with E-state index in [4.69, 9.17) is 9.15 Å². The fourth-order valence-corrected chi connectivity index (χ4v) is 2.74. The Labute approximate surface area is 164 Å². The summed E-state index contributed by atoms with van der Waals surface area (Å²) in [6.45, 7) is -0.520. The Morgan fingerprint density at radius 3 is 2.52 bits per heavy atom. The molecule has 0 aliphatic heterocycles. The van der Waals surface area contributed by atoms with Gasteiger partial charge in [-0.2, -0.15) is 0 Å². The standard InChI is InChI=1S/C19H17N3O7/c1-20(2)18(24)17(12-6-4-3-5-7-12)29-16(23)11-21-14-9-8-13(22(26)27)10-15(14)28-19(21)25/h3-10,17H,11H2,1-2H3/t17-/m1/s1. The summed E-state index contributed by atoms with van der Waals surface area (Å²) in [6.07, 6.45) is -1.17. The molecule has 0 aliphatic rings. The molecule has 1 amide bonds. The van der Waals surface area contributed by atoms with E-state index in [1.54, 1.807) is 30.3 Å². The second-order valence-corrected chi connectivity index (χ2v) is 6.38. The van der Waals surface area contributed by atoms with Crippen molar-refractivity contribution in [3.05, 3.63) is 74.8 Å². The molecule has 3 aromatic rings. The van der Waals surface area contributed by atoms with Gasteiger partial charge in [-0.3, -0.25) is 24.3 Å². The van der Waals surface area contributed by atoms with E-state index in [1.165, 1.54) is 31.1 Å². The SMILES string of the molecule is CN(C)C(=O)[C@H](OC(=O)Cn1c(=O)oc2cc([N+](=O)[O-])ccc21)c1ccccc1. The number of ether oxygens (including phenoxy) is 1. The summed E-state index contributed by atoms with van der Waals surface area (Å²) in [4.78, 5) is 48.6. The van der Waals surface area contributed by atoms with Crippen molar-refractivity contribution in [2.45, 2.75) is 12.6 Å². The van der Waals surface area contributed by atoms with E-state index in [2.05, 4.69) is 0 Å². The number of fused-ring (bicyclic) bond motifs is 1. The van der Waals surface area contributed by atoms with Gasteiger partial charge in [0, 0.05) is 25.7 Å². The van der Waals surface area contributed by atoms with Gasteiger partial charge < -0.3 is 14.1 Å². The number of oxazole rings is 1. The molecule has 10 heteroatoms. The number of hydrogen-bond donors (Lipinski definition) is 0. The highest BCUT2D eigenvalue weighted by atomic mass is 16.6. The molecule has 1 heterocycles. The summed E-state index contributed by atoms with van der Waals surface area (Å²) >= 11 is 0. The van der Waals surface area contributed by atoms with Crippen LogP contribution < -0.4 is 5.76 Å². The number of rotatable bonds is 6. The fourth-order valence-electron chi connectivity index (χ4n) is 2.74. The maximum absolute atomic E-state index is 12.5. The van der Waals surface area contributed by atoms with Gasteiger partial charge in [0.05, 0.1) is 16.5 Å². The second kappa shape index (κ2) is 7.97. The number of nitro benzene ring substituents is 1. The number of nitrogens with zero attached hydrogens (tertiary/aromatic N) is 3. The van der Waals surface area contributed by atoms with E-state index in [1.807, 2.05) is 0 Å². The van der Waals surface area contributed by atoms with Crippen molar-refractivity contribution >= 4 is 28.7 Å². The van der Waals surface area contributed by atoms with Crippen molar-refractivity contribution < 1.29 is 23.7 Å². The van der Waals surface area contributed by atoms with Crippen LogP contribution in [0.2, 0.25) is 0 Å². The van der Waals surface area contributed by atoms with Crippen molar-refractivity contribution in [2.24, 2.45) is 0 Å². The Balaban J connectivity index is 1.87. The lowest BCUT2D eigenvalue weighted by Gasteiger charge is -2.21. The number of non-ortho nitro benzene ring substituents is 1. The van der Waals surface area contributed by atoms with Crippen LogP contribution in [0.4, 0.5) is 5.69 Å². The summed E-state index contributed by atoms with van der Waals surface area (Å²) in [6, 6.07) is 12.1. The quantitative estimate of drug-likeness (QED) is 0.352. The summed E-state index contributed by atoms with van der Waals surface area (Å²) in [5, 5.41) is 10.9. The minimum absolute atomic E-state index is 0.0269. The van der Waals surface area contributed by atoms with E-state index in [-0.39, 0.29) is 16.8 Å². The monoisotopic (exact) mass is 399 g/mol. The Kier molecular flexibility index (Phi) is 5.44. The van der Waals surface area contributed by atoms with Crippen LogP contribution in [0.5, 0.6) is 0 Å². The summed E-state index contributed by atoms with van der Waals surface area (Å²) < 4.78 is 11.3. The van der Waals surface area contributed by atoms with Crippen molar-refractivity contribution in [1.29, 1.82) is 0 Å². The van der Waals surface area contributed by atoms with Crippen molar-refractivity contribution in [3.63, 3.8) is 0 Å². The van der Waals surface area contributed by atoms with Crippen LogP contribution >= 0.6 is 0 Å². The topological polar surface area (TPSA) is 125 Å². The highest BCUT2D eigenvalue weighted by Crippen LogP contribution is 2.22. The maximum Gasteiger partial charge on any atom is 0.420 e. The Bertz CT molecular complexity index is 1130. The summed E-state index contributed by atoms with van der Waals surface area (Å²) in [5.41, 5.74) is 0.412. The van der Waals surface area contributed by atoms with Crippen LogP contribution in [0.3, 0.4) is 0 Å². The van der Waals surface area contributed by atoms with Gasteiger partial charge >= 0.3 is 11.7 Å². The van der Waals surface area contributed by atoms with Gasteiger partial charge in [-0.15, -0.1) is 0 Å². The number of amides is 1. The van der Waals surface area contributed by atoms with Crippen LogP contribution in [0.25, 0.3) is 11.1 Å². The molecule has 0 saturated carbocycles. The summed E-state index contributed by atoms with van der Waals surface area (Å²) in [7, 11) is 3.07. The smallest absolute Gasteiger partial charge is 0.420 e. The highest BCUT2D eigenvalue weighted by molar-refractivity contribution is 5.85. The minimum Gasteiger partial charge on any atom is -0.446 e. The predicted molar refractivity (Wildman–Crippen MR) is 101 cm³/mol. The lowest BCUT2D eigenvalue weighted by atomic mass is 10.1. The normalized spacial score (nSPS) is 11.8. The fraction of sp³-hybridized carbons (Fsp3) is 0.211. The average Bonchev–Trinajstić information content (AvgIpc) is 3.00. The molecule has 0 saturated heterocycles. The van der Waals surface area contributed by atoms with E-state index < -0.39 is 35.2 Å². The minimum atomic E-state index is -1.17. The Morgan fingerprint density at radius 2 is 1.90 bits per heavy atom. The van der Waals surface area contributed by atoms with Crippen molar-refractivity contribution in [1.82, 2.24) is 9.47 Å². The van der Waals surface area contributed by atoms with Gasteiger partial charge in [-0.25, -0.2) is 4.79 Å². The Morgan fingerprint density at radius 1 is 1.21 bits per heavy atom. The molecule has 1 atom stereocenters. The number of carbonyl (C=O) groups excluding carboxylic acids is 2. The molecule has 2 aromatic carbocycles. The van der Waals surface area contributed by atoms with Crippen LogP contribution in [-0.2, 0) is 20.9 Å². The van der Waals surface area contributed by atoms with E-state index in [0.717, 1.165) is 10.6 Å². The molecule has 0 N–H and O–H groups in total.